The highest BCUT2D eigenvalue weighted by atomic mass is 16.5. The maximum Gasteiger partial charge on any atom is 0.0507 e. The Balaban J connectivity index is 1.57. The monoisotopic (exact) mass is 169 g/mol. The Bertz CT molecular complexity index is 143. The first kappa shape index (κ1) is 8.52. The van der Waals surface area contributed by atoms with Crippen LogP contribution in [0.15, 0.2) is 0 Å². The van der Waals surface area contributed by atoms with Crippen molar-refractivity contribution in [2.75, 3.05) is 19.8 Å². The first-order valence-electron chi connectivity index (χ1n) is 5.21. The summed E-state index contributed by atoms with van der Waals surface area (Å²) in [5.74, 6) is 1.77. The SMILES string of the molecule is CCC1CC1NCC1CCOC1. The largest absolute Gasteiger partial charge is 0.381 e. The third-order valence-corrected chi connectivity index (χ3v) is 3.14. The molecule has 2 nitrogen and oxygen atoms in total. The topological polar surface area (TPSA) is 21.3 Å². The molecule has 1 heterocycles. The molecule has 1 saturated carbocycles. The minimum Gasteiger partial charge on any atom is -0.381 e. The van der Waals surface area contributed by atoms with Gasteiger partial charge in [-0.2, -0.15) is 0 Å². The van der Waals surface area contributed by atoms with Crippen LogP contribution in [0.3, 0.4) is 0 Å². The lowest BCUT2D eigenvalue weighted by atomic mass is 10.1. The molecule has 1 N–H and O–H groups in total. The van der Waals surface area contributed by atoms with Crippen molar-refractivity contribution < 1.29 is 4.74 Å². The number of hydrogen-bond donors (Lipinski definition) is 1. The summed E-state index contributed by atoms with van der Waals surface area (Å²) < 4.78 is 5.32. The van der Waals surface area contributed by atoms with E-state index in [2.05, 4.69) is 12.2 Å². The molecule has 0 aromatic carbocycles. The molecule has 0 spiro atoms. The molecule has 2 heteroatoms. The summed E-state index contributed by atoms with van der Waals surface area (Å²) in [6, 6.07) is 0.843. The summed E-state index contributed by atoms with van der Waals surface area (Å²) in [5, 5.41) is 3.62. The number of ether oxygens (including phenoxy) is 1. The van der Waals surface area contributed by atoms with Crippen LogP contribution in [0.2, 0.25) is 0 Å². The molecule has 0 bridgehead atoms. The van der Waals surface area contributed by atoms with Crippen molar-refractivity contribution in [1.29, 1.82) is 0 Å². The standard InChI is InChI=1S/C10H19NO/c1-2-9-5-10(9)11-6-8-3-4-12-7-8/h8-11H,2-7H2,1H3. The van der Waals surface area contributed by atoms with Crippen LogP contribution in [0.5, 0.6) is 0 Å². The van der Waals surface area contributed by atoms with Crippen molar-refractivity contribution in [2.24, 2.45) is 11.8 Å². The average Bonchev–Trinajstić information content (AvgIpc) is 2.67. The fourth-order valence-corrected chi connectivity index (χ4v) is 2.01. The Morgan fingerprint density at radius 2 is 2.42 bits per heavy atom. The summed E-state index contributed by atoms with van der Waals surface area (Å²) in [4.78, 5) is 0. The third kappa shape index (κ3) is 1.99. The molecule has 12 heavy (non-hydrogen) atoms. The molecular formula is C10H19NO. The molecule has 3 atom stereocenters. The molecule has 0 aromatic heterocycles. The minimum absolute atomic E-state index is 0.795. The predicted molar refractivity (Wildman–Crippen MR) is 49.1 cm³/mol. The smallest absolute Gasteiger partial charge is 0.0507 e. The second-order valence-electron chi connectivity index (χ2n) is 4.15. The maximum absolute atomic E-state index is 5.32. The lowest BCUT2D eigenvalue weighted by Gasteiger charge is -2.08. The molecule has 1 saturated heterocycles. The van der Waals surface area contributed by atoms with E-state index in [1.54, 1.807) is 0 Å². The summed E-state index contributed by atoms with van der Waals surface area (Å²) in [6.45, 7) is 5.43. The van der Waals surface area contributed by atoms with Gasteiger partial charge in [-0.1, -0.05) is 13.3 Å². The van der Waals surface area contributed by atoms with E-state index in [9.17, 15) is 0 Å². The fraction of sp³-hybridized carbons (Fsp3) is 1.00. The van der Waals surface area contributed by atoms with Crippen molar-refractivity contribution in [3.63, 3.8) is 0 Å². The second-order valence-corrected chi connectivity index (χ2v) is 4.15. The zero-order valence-electron chi connectivity index (χ0n) is 7.88. The van der Waals surface area contributed by atoms with Gasteiger partial charge in [0.1, 0.15) is 0 Å². The Hall–Kier alpha value is -0.0800. The van der Waals surface area contributed by atoms with E-state index < -0.39 is 0 Å². The quantitative estimate of drug-likeness (QED) is 0.687. The second kappa shape index (κ2) is 3.75. The van der Waals surface area contributed by atoms with Gasteiger partial charge in [-0.15, -0.1) is 0 Å². The van der Waals surface area contributed by atoms with E-state index in [0.717, 1.165) is 31.1 Å². The van der Waals surface area contributed by atoms with Crippen molar-refractivity contribution in [3.8, 4) is 0 Å². The predicted octanol–water partition coefficient (Wildman–Crippen LogP) is 1.41. The molecule has 3 unspecified atom stereocenters. The Morgan fingerprint density at radius 3 is 3.00 bits per heavy atom. The van der Waals surface area contributed by atoms with E-state index in [0.29, 0.717) is 0 Å². The number of rotatable bonds is 4. The van der Waals surface area contributed by atoms with Gasteiger partial charge in [0.25, 0.3) is 0 Å². The van der Waals surface area contributed by atoms with E-state index in [1.807, 2.05) is 0 Å². The summed E-state index contributed by atoms with van der Waals surface area (Å²) >= 11 is 0. The van der Waals surface area contributed by atoms with Gasteiger partial charge in [0.15, 0.2) is 0 Å². The highest BCUT2D eigenvalue weighted by Gasteiger charge is 2.35. The molecular weight excluding hydrogens is 150 g/mol. The maximum atomic E-state index is 5.32. The molecule has 1 aliphatic heterocycles. The number of hydrogen-bond acceptors (Lipinski definition) is 2. The van der Waals surface area contributed by atoms with Crippen molar-refractivity contribution in [1.82, 2.24) is 5.32 Å². The fourth-order valence-electron chi connectivity index (χ4n) is 2.01. The van der Waals surface area contributed by atoms with E-state index in [-0.39, 0.29) is 0 Å². The van der Waals surface area contributed by atoms with Crippen molar-refractivity contribution in [3.05, 3.63) is 0 Å². The van der Waals surface area contributed by atoms with Crippen LogP contribution in [0.4, 0.5) is 0 Å². The minimum atomic E-state index is 0.795. The van der Waals surface area contributed by atoms with Gasteiger partial charge >= 0.3 is 0 Å². The Labute approximate surface area is 74.7 Å². The highest BCUT2D eigenvalue weighted by molar-refractivity contribution is 4.92. The van der Waals surface area contributed by atoms with Gasteiger partial charge < -0.3 is 10.1 Å². The summed E-state index contributed by atoms with van der Waals surface area (Å²) in [6.07, 6.45) is 4.01. The van der Waals surface area contributed by atoms with Gasteiger partial charge in [0.2, 0.25) is 0 Å². The van der Waals surface area contributed by atoms with Crippen molar-refractivity contribution >= 4 is 0 Å². The molecule has 2 rings (SSSR count). The molecule has 70 valence electrons. The van der Waals surface area contributed by atoms with Gasteiger partial charge in [-0.3, -0.25) is 0 Å². The average molecular weight is 169 g/mol. The summed E-state index contributed by atoms with van der Waals surface area (Å²) in [5.41, 5.74) is 0. The molecule has 0 aromatic rings. The van der Waals surface area contributed by atoms with Gasteiger partial charge in [-0.05, 0) is 24.7 Å². The zero-order valence-corrected chi connectivity index (χ0v) is 7.88. The molecule has 2 fully saturated rings. The van der Waals surface area contributed by atoms with Crippen molar-refractivity contribution in [2.45, 2.75) is 32.2 Å². The molecule has 0 radical (unpaired) electrons. The first-order valence-corrected chi connectivity index (χ1v) is 5.21. The summed E-state index contributed by atoms with van der Waals surface area (Å²) in [7, 11) is 0. The van der Waals surface area contributed by atoms with Crippen LogP contribution in [-0.4, -0.2) is 25.8 Å². The van der Waals surface area contributed by atoms with Gasteiger partial charge in [0, 0.05) is 19.2 Å². The van der Waals surface area contributed by atoms with Gasteiger partial charge in [0.05, 0.1) is 6.61 Å². The van der Waals surface area contributed by atoms with Crippen LogP contribution >= 0.6 is 0 Å². The van der Waals surface area contributed by atoms with Crippen LogP contribution in [0, 0.1) is 11.8 Å². The number of nitrogens with one attached hydrogen (secondary N) is 1. The van der Waals surface area contributed by atoms with E-state index >= 15 is 0 Å². The first-order chi connectivity index (χ1) is 5.90. The normalized spacial score (nSPS) is 40.2. The highest BCUT2D eigenvalue weighted by Crippen LogP contribution is 2.33. The Morgan fingerprint density at radius 1 is 1.50 bits per heavy atom. The van der Waals surface area contributed by atoms with E-state index in [1.165, 1.54) is 25.8 Å². The van der Waals surface area contributed by atoms with Crippen LogP contribution in [0.25, 0.3) is 0 Å². The lowest BCUT2D eigenvalue weighted by Crippen LogP contribution is -2.26. The van der Waals surface area contributed by atoms with Gasteiger partial charge in [-0.25, -0.2) is 0 Å². The molecule has 2 aliphatic rings. The molecule has 1 aliphatic carbocycles. The van der Waals surface area contributed by atoms with Crippen LogP contribution in [-0.2, 0) is 4.74 Å². The zero-order chi connectivity index (χ0) is 8.39. The van der Waals surface area contributed by atoms with E-state index in [4.69, 9.17) is 4.74 Å². The van der Waals surface area contributed by atoms with Crippen LogP contribution in [0.1, 0.15) is 26.2 Å². The Kier molecular flexibility index (Phi) is 2.66. The lowest BCUT2D eigenvalue weighted by molar-refractivity contribution is 0.185. The third-order valence-electron chi connectivity index (χ3n) is 3.14. The molecule has 0 amide bonds. The van der Waals surface area contributed by atoms with Crippen LogP contribution < -0.4 is 5.32 Å².